The zero-order valence-corrected chi connectivity index (χ0v) is 8.55. The van der Waals surface area contributed by atoms with Crippen LogP contribution in [0, 0.1) is 13.8 Å². The van der Waals surface area contributed by atoms with Gasteiger partial charge >= 0.3 is 0 Å². The number of aromatic nitrogens is 3. The van der Waals surface area contributed by atoms with E-state index in [9.17, 15) is 0 Å². The van der Waals surface area contributed by atoms with Crippen LogP contribution >= 0.6 is 0 Å². The molecule has 0 atom stereocenters. The molecule has 0 aliphatic carbocycles. The molecule has 0 unspecified atom stereocenters. The van der Waals surface area contributed by atoms with Gasteiger partial charge in [0.1, 0.15) is 5.82 Å². The maximum atomic E-state index is 4.25. The van der Waals surface area contributed by atoms with E-state index in [4.69, 9.17) is 0 Å². The average molecular weight is 177 g/mol. The summed E-state index contributed by atoms with van der Waals surface area (Å²) >= 11 is 0. The molecule has 2 rings (SSSR count). The zero-order chi connectivity index (χ0) is 9.84. The first-order valence-electron chi connectivity index (χ1n) is 4.55. The highest BCUT2D eigenvalue weighted by atomic mass is 14.9. The van der Waals surface area contributed by atoms with E-state index >= 15 is 0 Å². The summed E-state index contributed by atoms with van der Waals surface area (Å²) in [7, 11) is 0. The van der Waals surface area contributed by atoms with Crippen molar-refractivity contribution in [1.82, 2.24) is 15.0 Å². The van der Waals surface area contributed by atoms with Crippen LogP contribution < -0.4 is 0 Å². The molecule has 0 aliphatic heterocycles. The molecule has 0 fully saturated rings. The topological polar surface area (TPSA) is 41.6 Å². The van der Waals surface area contributed by atoms with Crippen LogP contribution in [0.4, 0.5) is 0 Å². The minimum absolute atomic E-state index is 0.816. The lowest BCUT2D eigenvalue weighted by molar-refractivity contribution is 1.09. The van der Waals surface area contributed by atoms with Crippen molar-refractivity contribution < 1.29 is 0 Å². The Bertz CT molecular complexity index is 390. The van der Waals surface area contributed by atoms with Gasteiger partial charge in [-0.1, -0.05) is 13.8 Å². The Morgan fingerprint density at radius 2 is 1.92 bits per heavy atom. The van der Waals surface area contributed by atoms with Crippen LogP contribution in [0.5, 0.6) is 0 Å². The predicted molar refractivity (Wildman–Crippen MR) is 54.7 cm³/mol. The summed E-state index contributed by atoms with van der Waals surface area (Å²) in [5.74, 6) is 0.816. The maximum absolute atomic E-state index is 4.25. The van der Waals surface area contributed by atoms with E-state index in [1.54, 1.807) is 0 Å². The molecule has 70 valence electrons. The number of fused-ring (bicyclic) bond motifs is 1. The predicted octanol–water partition coefficient (Wildman–Crippen LogP) is 2.60. The molecular weight excluding hydrogens is 162 g/mol. The van der Waals surface area contributed by atoms with E-state index < -0.39 is 0 Å². The highest BCUT2D eigenvalue weighted by Gasteiger charge is 1.97. The first-order valence-corrected chi connectivity index (χ1v) is 4.55. The van der Waals surface area contributed by atoms with E-state index in [0.29, 0.717) is 0 Å². The van der Waals surface area contributed by atoms with Crippen molar-refractivity contribution in [1.29, 1.82) is 0 Å². The summed E-state index contributed by atoms with van der Waals surface area (Å²) in [5, 5.41) is 0. The number of H-pyrrole nitrogens is 1. The van der Waals surface area contributed by atoms with Gasteiger partial charge in [0, 0.05) is 5.69 Å². The molecule has 2 aromatic rings. The maximum Gasteiger partial charge on any atom is 0.126 e. The minimum Gasteiger partial charge on any atom is -0.356 e. The van der Waals surface area contributed by atoms with Gasteiger partial charge in [0.05, 0.1) is 17.2 Å². The molecule has 0 saturated heterocycles. The Morgan fingerprint density at radius 3 is 2.62 bits per heavy atom. The van der Waals surface area contributed by atoms with E-state index in [1.807, 2.05) is 40.0 Å². The van der Waals surface area contributed by atoms with Crippen LogP contribution in [0.15, 0.2) is 12.3 Å². The van der Waals surface area contributed by atoms with Gasteiger partial charge < -0.3 is 4.98 Å². The van der Waals surface area contributed by atoms with Crippen molar-refractivity contribution in [2.45, 2.75) is 27.7 Å². The molecule has 0 amide bonds. The van der Waals surface area contributed by atoms with Crippen molar-refractivity contribution in [2.75, 3.05) is 0 Å². The van der Waals surface area contributed by atoms with Crippen LogP contribution in [-0.2, 0) is 0 Å². The smallest absolute Gasteiger partial charge is 0.126 e. The van der Waals surface area contributed by atoms with Crippen molar-refractivity contribution in [3.05, 3.63) is 23.8 Å². The van der Waals surface area contributed by atoms with Crippen LogP contribution in [0.1, 0.15) is 25.4 Å². The van der Waals surface area contributed by atoms with E-state index in [1.165, 1.54) is 0 Å². The second-order valence-electron chi connectivity index (χ2n) is 2.67. The van der Waals surface area contributed by atoms with Crippen LogP contribution in [0.3, 0.4) is 0 Å². The van der Waals surface area contributed by atoms with Gasteiger partial charge in [0.15, 0.2) is 0 Å². The lowest BCUT2D eigenvalue weighted by atomic mass is 10.4. The van der Waals surface area contributed by atoms with E-state index in [2.05, 4.69) is 15.0 Å². The molecule has 2 aromatic heterocycles. The average Bonchev–Trinajstić information content (AvgIpc) is 2.48. The van der Waals surface area contributed by atoms with Crippen molar-refractivity contribution in [3.8, 4) is 0 Å². The largest absolute Gasteiger partial charge is 0.356 e. The molecular formula is C10H15N3. The van der Waals surface area contributed by atoms with Gasteiger partial charge in [0.2, 0.25) is 0 Å². The SMILES string of the molecule is CC.Cc1ncc2[nH]c(C)cc2n1. The summed E-state index contributed by atoms with van der Waals surface area (Å²) in [6.45, 7) is 7.90. The molecule has 0 radical (unpaired) electrons. The fourth-order valence-corrected chi connectivity index (χ4v) is 1.15. The summed E-state index contributed by atoms with van der Waals surface area (Å²) in [6, 6.07) is 2.02. The summed E-state index contributed by atoms with van der Waals surface area (Å²) in [4.78, 5) is 11.5. The lowest BCUT2D eigenvalue weighted by Gasteiger charge is -1.89. The third-order valence-electron chi connectivity index (χ3n) is 1.62. The number of aromatic amines is 1. The normalized spacial score (nSPS) is 9.54. The van der Waals surface area contributed by atoms with Crippen molar-refractivity contribution >= 4 is 11.0 Å². The summed E-state index contributed by atoms with van der Waals surface area (Å²) in [5.41, 5.74) is 3.13. The molecule has 0 saturated carbocycles. The van der Waals surface area contributed by atoms with Crippen LogP contribution in [0.25, 0.3) is 11.0 Å². The van der Waals surface area contributed by atoms with Gasteiger partial charge in [0.25, 0.3) is 0 Å². The second kappa shape index (κ2) is 4.03. The number of hydrogen-bond acceptors (Lipinski definition) is 2. The molecule has 13 heavy (non-hydrogen) atoms. The monoisotopic (exact) mass is 177 g/mol. The standard InChI is InChI=1S/C8H9N3.C2H6/c1-5-3-7-8(10-5)4-9-6(2)11-7;1-2/h3-4,10H,1-2H3;1-2H3. The van der Waals surface area contributed by atoms with Gasteiger partial charge in [-0.25, -0.2) is 9.97 Å². The molecule has 1 N–H and O–H groups in total. The second-order valence-corrected chi connectivity index (χ2v) is 2.67. The van der Waals surface area contributed by atoms with Gasteiger partial charge in [-0.2, -0.15) is 0 Å². The van der Waals surface area contributed by atoms with Gasteiger partial charge in [-0.3, -0.25) is 0 Å². The molecule has 0 bridgehead atoms. The fourth-order valence-electron chi connectivity index (χ4n) is 1.15. The first-order chi connectivity index (χ1) is 6.25. The molecule has 0 aromatic carbocycles. The van der Waals surface area contributed by atoms with Gasteiger partial charge in [-0.15, -0.1) is 0 Å². The number of rotatable bonds is 0. The van der Waals surface area contributed by atoms with Crippen molar-refractivity contribution in [2.24, 2.45) is 0 Å². The molecule has 3 nitrogen and oxygen atoms in total. The summed E-state index contributed by atoms with van der Waals surface area (Å²) in [6.07, 6.45) is 1.81. The number of aryl methyl sites for hydroxylation is 2. The van der Waals surface area contributed by atoms with Gasteiger partial charge in [-0.05, 0) is 19.9 Å². The summed E-state index contributed by atoms with van der Waals surface area (Å²) < 4.78 is 0. The molecule has 2 heterocycles. The third-order valence-corrected chi connectivity index (χ3v) is 1.62. The minimum atomic E-state index is 0.816. The number of nitrogens with zero attached hydrogens (tertiary/aromatic N) is 2. The third kappa shape index (κ3) is 2.05. The lowest BCUT2D eigenvalue weighted by Crippen LogP contribution is -1.84. The molecule has 3 heteroatoms. The van der Waals surface area contributed by atoms with Crippen molar-refractivity contribution in [3.63, 3.8) is 0 Å². The van der Waals surface area contributed by atoms with Crippen LogP contribution in [-0.4, -0.2) is 15.0 Å². The highest BCUT2D eigenvalue weighted by Crippen LogP contribution is 2.10. The Morgan fingerprint density at radius 1 is 1.23 bits per heavy atom. The molecule has 0 spiro atoms. The fraction of sp³-hybridized carbons (Fsp3) is 0.400. The first kappa shape index (κ1) is 9.71. The van der Waals surface area contributed by atoms with E-state index in [-0.39, 0.29) is 0 Å². The number of hydrogen-bond donors (Lipinski definition) is 1. The Hall–Kier alpha value is -1.38. The van der Waals surface area contributed by atoms with E-state index in [0.717, 1.165) is 22.6 Å². The highest BCUT2D eigenvalue weighted by molar-refractivity contribution is 5.74. The zero-order valence-electron chi connectivity index (χ0n) is 8.55. The number of nitrogens with one attached hydrogen (secondary N) is 1. The Labute approximate surface area is 78.2 Å². The van der Waals surface area contributed by atoms with Crippen LogP contribution in [0.2, 0.25) is 0 Å². The quantitative estimate of drug-likeness (QED) is 0.672. The molecule has 0 aliphatic rings. The Balaban J connectivity index is 0.000000396. The Kier molecular flexibility index (Phi) is 3.01.